The number of carbonyl (C=O) groups excluding carboxylic acids is 2. The number of benzene rings is 1. The lowest BCUT2D eigenvalue weighted by Crippen LogP contribution is -2.22. The number of nitrogens with zero attached hydrogens (tertiary/aromatic N) is 2. The molecule has 0 bridgehead atoms. The highest BCUT2D eigenvalue weighted by Gasteiger charge is 2.27. The summed E-state index contributed by atoms with van der Waals surface area (Å²) in [6.45, 7) is 1.90. The van der Waals surface area contributed by atoms with Crippen LogP contribution in [0.3, 0.4) is 0 Å². The molecule has 1 aromatic carbocycles. The number of methoxy groups -OCH3 is 1. The Morgan fingerprint density at radius 2 is 2.04 bits per heavy atom. The molecule has 1 aromatic rings. The molecule has 2 aliphatic rings. The van der Waals surface area contributed by atoms with E-state index in [1.54, 1.807) is 21.2 Å². The van der Waals surface area contributed by atoms with Gasteiger partial charge in [-0.3, -0.25) is 9.59 Å². The summed E-state index contributed by atoms with van der Waals surface area (Å²) in [6.07, 6.45) is 2.80. The van der Waals surface area contributed by atoms with E-state index in [9.17, 15) is 9.59 Å². The van der Waals surface area contributed by atoms with Gasteiger partial charge < -0.3 is 9.64 Å². The van der Waals surface area contributed by atoms with Gasteiger partial charge in [0.15, 0.2) is 5.78 Å². The first-order chi connectivity index (χ1) is 11.4. The van der Waals surface area contributed by atoms with E-state index in [4.69, 9.17) is 4.74 Å². The predicted molar refractivity (Wildman–Crippen MR) is 93.1 cm³/mol. The van der Waals surface area contributed by atoms with Gasteiger partial charge in [0.25, 0.3) is 5.91 Å². The lowest BCUT2D eigenvalue weighted by atomic mass is 10.0. The van der Waals surface area contributed by atoms with Crippen LogP contribution in [0, 0.1) is 0 Å². The average molecular weight is 324 g/mol. The molecule has 0 unspecified atom stereocenters. The molecule has 1 amide bonds. The number of amides is 1. The maximum Gasteiger partial charge on any atom is 0.271 e. The van der Waals surface area contributed by atoms with Crippen LogP contribution >= 0.6 is 0 Å². The van der Waals surface area contributed by atoms with Gasteiger partial charge in [0.1, 0.15) is 11.4 Å². The van der Waals surface area contributed by atoms with Gasteiger partial charge in [-0.05, 0) is 41.8 Å². The summed E-state index contributed by atoms with van der Waals surface area (Å²) in [5.74, 6) is 0.687. The second-order valence-corrected chi connectivity index (χ2v) is 6.29. The molecule has 3 rings (SSSR count). The monoisotopic (exact) mass is 324 g/mol. The molecule has 1 heterocycles. The Morgan fingerprint density at radius 1 is 1.29 bits per heavy atom. The molecule has 0 radical (unpaired) electrons. The number of carbonyl (C=O) groups is 2. The normalized spacial score (nSPS) is 18.1. The van der Waals surface area contributed by atoms with Crippen molar-refractivity contribution < 1.29 is 14.3 Å². The Hall–Kier alpha value is -2.69. The molecule has 0 atom stereocenters. The van der Waals surface area contributed by atoms with Gasteiger partial charge in [-0.25, -0.2) is 4.99 Å². The first-order valence-corrected chi connectivity index (χ1v) is 7.82. The molecule has 0 spiro atoms. The van der Waals surface area contributed by atoms with Crippen molar-refractivity contribution in [1.29, 1.82) is 0 Å². The molecule has 0 aromatic heterocycles. The van der Waals surface area contributed by atoms with Crippen LogP contribution in [0.15, 0.2) is 40.5 Å². The van der Waals surface area contributed by atoms with Crippen molar-refractivity contribution in [2.24, 2.45) is 4.99 Å². The summed E-state index contributed by atoms with van der Waals surface area (Å²) >= 11 is 0. The third-order valence-electron chi connectivity index (χ3n) is 4.28. The molecule has 5 heteroatoms. The molecule has 24 heavy (non-hydrogen) atoms. The van der Waals surface area contributed by atoms with Crippen LogP contribution in [0.5, 0.6) is 5.75 Å². The van der Waals surface area contributed by atoms with Crippen molar-refractivity contribution in [2.45, 2.75) is 19.8 Å². The molecular weight excluding hydrogens is 304 g/mol. The fourth-order valence-corrected chi connectivity index (χ4v) is 2.99. The molecule has 5 nitrogen and oxygen atoms in total. The second kappa shape index (κ2) is 6.07. The van der Waals surface area contributed by atoms with Gasteiger partial charge in [0.05, 0.1) is 7.11 Å². The van der Waals surface area contributed by atoms with E-state index < -0.39 is 0 Å². The van der Waals surface area contributed by atoms with Crippen molar-refractivity contribution in [3.63, 3.8) is 0 Å². The lowest BCUT2D eigenvalue weighted by molar-refractivity contribution is -0.124. The Kier molecular flexibility index (Phi) is 4.09. The standard InChI is InChI=1S/C19H20N2O3/c1-11-7-13(20-18(11)19(23)21(2)3)9-16-15-10-14(24-4)6-5-12(15)8-17(16)22/h5-6,9-10H,7-8H2,1-4H3/b16-9-. The molecule has 1 aliphatic carbocycles. The van der Waals surface area contributed by atoms with Crippen molar-refractivity contribution in [3.8, 4) is 5.75 Å². The quantitative estimate of drug-likeness (QED) is 0.802. The Labute approximate surface area is 141 Å². The fraction of sp³-hybridized carbons (Fsp3) is 0.316. The minimum absolute atomic E-state index is 0.0750. The van der Waals surface area contributed by atoms with Gasteiger partial charge >= 0.3 is 0 Å². The van der Waals surface area contributed by atoms with Crippen LogP contribution in [0.25, 0.3) is 5.57 Å². The van der Waals surface area contributed by atoms with E-state index in [1.807, 2.05) is 31.2 Å². The first kappa shape index (κ1) is 16.2. The highest BCUT2D eigenvalue weighted by atomic mass is 16.5. The number of hydrogen-bond acceptors (Lipinski definition) is 4. The van der Waals surface area contributed by atoms with Gasteiger partial charge in [0, 0.05) is 38.2 Å². The molecule has 0 fully saturated rings. The van der Waals surface area contributed by atoms with Gasteiger partial charge in [-0.15, -0.1) is 0 Å². The number of hydrogen-bond donors (Lipinski definition) is 0. The molecule has 0 saturated carbocycles. The second-order valence-electron chi connectivity index (χ2n) is 6.29. The van der Waals surface area contributed by atoms with E-state index in [-0.39, 0.29) is 11.7 Å². The van der Waals surface area contributed by atoms with Crippen LogP contribution < -0.4 is 4.74 Å². The molecule has 1 aliphatic heterocycles. The maximum atomic E-state index is 12.4. The fourth-order valence-electron chi connectivity index (χ4n) is 2.99. The lowest BCUT2D eigenvalue weighted by Gasteiger charge is -2.09. The first-order valence-electron chi connectivity index (χ1n) is 7.82. The zero-order chi connectivity index (χ0) is 17.4. The molecular formula is C19H20N2O3. The zero-order valence-electron chi connectivity index (χ0n) is 14.3. The number of likely N-dealkylation sites (N-methyl/N-ethyl adjacent to an activating group) is 1. The Morgan fingerprint density at radius 3 is 2.71 bits per heavy atom. The highest BCUT2D eigenvalue weighted by Crippen LogP contribution is 2.33. The largest absolute Gasteiger partial charge is 0.497 e. The van der Waals surface area contributed by atoms with Gasteiger partial charge in [0.2, 0.25) is 0 Å². The van der Waals surface area contributed by atoms with E-state index in [0.29, 0.717) is 24.1 Å². The van der Waals surface area contributed by atoms with Crippen LogP contribution in [0.4, 0.5) is 0 Å². The number of rotatable bonds is 3. The molecule has 0 N–H and O–H groups in total. The van der Waals surface area contributed by atoms with E-state index in [1.165, 1.54) is 4.90 Å². The minimum atomic E-state index is -0.110. The van der Waals surface area contributed by atoms with Gasteiger partial charge in [-0.2, -0.15) is 0 Å². The Bertz CT molecular complexity index is 829. The summed E-state index contributed by atoms with van der Waals surface area (Å²) in [5, 5.41) is 0. The van der Waals surface area contributed by atoms with Crippen molar-refractivity contribution in [1.82, 2.24) is 4.90 Å². The number of Topliss-reactive ketones (excluding diaryl/α,β-unsaturated/α-hetero) is 1. The molecule has 0 saturated heterocycles. The number of aliphatic imine (C=N–C) groups is 1. The van der Waals surface area contributed by atoms with Crippen LogP contribution in [0.2, 0.25) is 0 Å². The average Bonchev–Trinajstić information content (AvgIpc) is 3.06. The smallest absolute Gasteiger partial charge is 0.271 e. The third-order valence-corrected chi connectivity index (χ3v) is 4.28. The summed E-state index contributed by atoms with van der Waals surface area (Å²) in [4.78, 5) is 30.5. The third kappa shape index (κ3) is 2.77. The topological polar surface area (TPSA) is 59.0 Å². The summed E-state index contributed by atoms with van der Waals surface area (Å²) in [7, 11) is 5.02. The van der Waals surface area contributed by atoms with Crippen LogP contribution in [-0.2, 0) is 16.0 Å². The summed E-state index contributed by atoms with van der Waals surface area (Å²) in [5.41, 5.74) is 4.69. The predicted octanol–water partition coefficient (Wildman–Crippen LogP) is 2.41. The SMILES string of the molecule is COc1ccc2c(c1)/C(=C/C1=NC(C(=O)N(C)C)=C(C)C1)C(=O)C2. The summed E-state index contributed by atoms with van der Waals surface area (Å²) < 4.78 is 5.26. The Balaban J connectivity index is 1.96. The maximum absolute atomic E-state index is 12.4. The minimum Gasteiger partial charge on any atom is -0.497 e. The van der Waals surface area contributed by atoms with E-state index in [0.717, 1.165) is 28.2 Å². The number of ether oxygens (including phenoxy) is 1. The van der Waals surface area contributed by atoms with Crippen molar-refractivity contribution >= 4 is 23.0 Å². The van der Waals surface area contributed by atoms with E-state index in [2.05, 4.69) is 4.99 Å². The van der Waals surface area contributed by atoms with Crippen LogP contribution in [0.1, 0.15) is 24.5 Å². The van der Waals surface area contributed by atoms with Crippen LogP contribution in [-0.4, -0.2) is 43.5 Å². The van der Waals surface area contributed by atoms with Crippen molar-refractivity contribution in [2.75, 3.05) is 21.2 Å². The van der Waals surface area contributed by atoms with Gasteiger partial charge in [-0.1, -0.05) is 6.07 Å². The van der Waals surface area contributed by atoms with E-state index >= 15 is 0 Å². The molecule has 124 valence electrons. The summed E-state index contributed by atoms with van der Waals surface area (Å²) in [6, 6.07) is 5.67. The zero-order valence-corrected chi connectivity index (χ0v) is 14.3. The van der Waals surface area contributed by atoms with Crippen molar-refractivity contribution in [3.05, 3.63) is 46.7 Å². The highest BCUT2D eigenvalue weighted by molar-refractivity contribution is 6.29. The number of fused-ring (bicyclic) bond motifs is 1. The number of ketones is 1. The number of allylic oxidation sites excluding steroid dienone is 3.